The number of aliphatic carboxylic acids is 1. The van der Waals surface area contributed by atoms with E-state index in [1.165, 1.54) is 22.3 Å². The molecule has 2 heteroatoms. The summed E-state index contributed by atoms with van der Waals surface area (Å²) in [6.45, 7) is 10.4. The Morgan fingerprint density at radius 2 is 1.76 bits per heavy atom. The Labute approximate surface area is 104 Å². The van der Waals surface area contributed by atoms with Crippen molar-refractivity contribution in [3.05, 3.63) is 34.4 Å². The van der Waals surface area contributed by atoms with Crippen molar-refractivity contribution >= 4 is 5.97 Å². The van der Waals surface area contributed by atoms with Crippen LogP contribution in [0.2, 0.25) is 0 Å². The number of hydrogen-bond acceptors (Lipinski definition) is 1. The molecule has 0 fully saturated rings. The number of hydrogen-bond donors (Lipinski definition) is 1. The molecule has 0 heterocycles. The lowest BCUT2D eigenvalue weighted by atomic mass is 9.80. The van der Waals surface area contributed by atoms with E-state index < -0.39 is 5.97 Å². The van der Waals surface area contributed by atoms with Gasteiger partial charge >= 0.3 is 5.97 Å². The van der Waals surface area contributed by atoms with Crippen molar-refractivity contribution in [2.24, 2.45) is 5.41 Å². The van der Waals surface area contributed by atoms with E-state index in [1.54, 1.807) is 0 Å². The summed E-state index contributed by atoms with van der Waals surface area (Å²) in [5.41, 5.74) is 4.97. The lowest BCUT2D eigenvalue weighted by Crippen LogP contribution is -2.20. The molecule has 94 valence electrons. The zero-order valence-electron chi connectivity index (χ0n) is 11.4. The molecule has 0 saturated carbocycles. The van der Waals surface area contributed by atoms with Crippen molar-refractivity contribution in [1.82, 2.24) is 0 Å². The molecule has 0 atom stereocenters. The Morgan fingerprint density at radius 3 is 2.29 bits per heavy atom. The van der Waals surface area contributed by atoms with E-state index >= 15 is 0 Å². The SMILES string of the molecule is Cc1ccc(CC(C)(C)CC(=O)O)c(C)c1C. The van der Waals surface area contributed by atoms with Gasteiger partial charge in [0, 0.05) is 0 Å². The lowest BCUT2D eigenvalue weighted by Gasteiger charge is -2.24. The van der Waals surface area contributed by atoms with E-state index in [4.69, 9.17) is 5.11 Å². The Bertz CT molecular complexity index is 431. The molecule has 0 aliphatic carbocycles. The Hall–Kier alpha value is -1.31. The zero-order chi connectivity index (χ0) is 13.2. The van der Waals surface area contributed by atoms with E-state index in [0.29, 0.717) is 0 Å². The summed E-state index contributed by atoms with van der Waals surface area (Å²) in [6, 6.07) is 4.25. The van der Waals surface area contributed by atoms with Gasteiger partial charge in [-0.1, -0.05) is 26.0 Å². The van der Waals surface area contributed by atoms with Crippen molar-refractivity contribution < 1.29 is 9.90 Å². The zero-order valence-corrected chi connectivity index (χ0v) is 11.4. The average molecular weight is 234 g/mol. The molecule has 0 bridgehead atoms. The standard InChI is InChI=1S/C15H22O2/c1-10-6-7-13(12(3)11(10)2)8-15(4,5)9-14(16)17/h6-7H,8-9H2,1-5H3,(H,16,17). The average Bonchev–Trinajstić information content (AvgIpc) is 2.17. The van der Waals surface area contributed by atoms with Crippen LogP contribution in [0.15, 0.2) is 12.1 Å². The fourth-order valence-electron chi connectivity index (χ4n) is 2.19. The topological polar surface area (TPSA) is 37.3 Å². The van der Waals surface area contributed by atoms with Gasteiger partial charge in [0.05, 0.1) is 6.42 Å². The van der Waals surface area contributed by atoms with Crippen molar-refractivity contribution in [2.45, 2.75) is 47.5 Å². The van der Waals surface area contributed by atoms with Gasteiger partial charge < -0.3 is 5.11 Å². The molecule has 17 heavy (non-hydrogen) atoms. The third kappa shape index (κ3) is 3.58. The van der Waals surface area contributed by atoms with Gasteiger partial charge in [-0.25, -0.2) is 0 Å². The molecule has 0 spiro atoms. The van der Waals surface area contributed by atoms with Crippen LogP contribution in [0, 0.1) is 26.2 Å². The summed E-state index contributed by atoms with van der Waals surface area (Å²) in [5.74, 6) is -0.725. The van der Waals surface area contributed by atoms with E-state index in [-0.39, 0.29) is 11.8 Å². The number of benzene rings is 1. The summed E-state index contributed by atoms with van der Waals surface area (Å²) < 4.78 is 0. The molecule has 1 rings (SSSR count). The molecule has 0 unspecified atom stereocenters. The summed E-state index contributed by atoms with van der Waals surface area (Å²) in [6.07, 6.45) is 1.02. The Kier molecular flexibility index (Phi) is 3.97. The number of rotatable bonds is 4. The quantitative estimate of drug-likeness (QED) is 0.863. The third-order valence-electron chi connectivity index (χ3n) is 3.47. The van der Waals surface area contributed by atoms with Crippen molar-refractivity contribution in [3.63, 3.8) is 0 Å². The highest BCUT2D eigenvalue weighted by atomic mass is 16.4. The molecule has 1 aromatic rings. The van der Waals surface area contributed by atoms with Gasteiger partial charge in [0.2, 0.25) is 0 Å². The molecule has 0 aliphatic rings. The predicted molar refractivity (Wildman–Crippen MR) is 70.4 cm³/mol. The maximum Gasteiger partial charge on any atom is 0.303 e. The molecule has 1 aromatic carbocycles. The van der Waals surface area contributed by atoms with Crippen LogP contribution in [-0.2, 0) is 11.2 Å². The maximum atomic E-state index is 10.8. The molecule has 0 aromatic heterocycles. The minimum atomic E-state index is -0.725. The van der Waals surface area contributed by atoms with Gasteiger partial charge in [0.15, 0.2) is 0 Å². The smallest absolute Gasteiger partial charge is 0.303 e. The van der Waals surface area contributed by atoms with E-state index in [1.807, 2.05) is 13.8 Å². The highest BCUT2D eigenvalue weighted by Gasteiger charge is 2.23. The minimum absolute atomic E-state index is 0.196. The second-order valence-electron chi connectivity index (χ2n) is 5.70. The van der Waals surface area contributed by atoms with Crippen LogP contribution >= 0.6 is 0 Å². The van der Waals surface area contributed by atoms with Crippen LogP contribution in [0.4, 0.5) is 0 Å². The van der Waals surface area contributed by atoms with Crippen LogP contribution in [0.5, 0.6) is 0 Å². The molecule has 0 amide bonds. The van der Waals surface area contributed by atoms with Gasteiger partial charge in [-0.3, -0.25) is 4.79 Å². The molecular formula is C15H22O2. The first-order valence-electron chi connectivity index (χ1n) is 6.00. The van der Waals surface area contributed by atoms with Crippen LogP contribution in [0.3, 0.4) is 0 Å². The van der Waals surface area contributed by atoms with Gasteiger partial charge in [0.1, 0.15) is 0 Å². The fraction of sp³-hybridized carbons (Fsp3) is 0.533. The van der Waals surface area contributed by atoms with Crippen molar-refractivity contribution in [1.29, 1.82) is 0 Å². The lowest BCUT2D eigenvalue weighted by molar-refractivity contribution is -0.139. The first-order chi connectivity index (χ1) is 7.73. The van der Waals surface area contributed by atoms with Crippen LogP contribution in [-0.4, -0.2) is 11.1 Å². The maximum absolute atomic E-state index is 10.8. The summed E-state index contributed by atoms with van der Waals surface area (Å²) in [5, 5.41) is 8.90. The first-order valence-corrected chi connectivity index (χ1v) is 6.00. The monoisotopic (exact) mass is 234 g/mol. The highest BCUT2D eigenvalue weighted by Crippen LogP contribution is 2.29. The van der Waals surface area contributed by atoms with Gasteiger partial charge in [-0.15, -0.1) is 0 Å². The number of carboxylic acid groups (broad SMARTS) is 1. The number of carbonyl (C=O) groups is 1. The second kappa shape index (κ2) is 4.91. The van der Waals surface area contributed by atoms with Crippen LogP contribution in [0.1, 0.15) is 42.5 Å². The van der Waals surface area contributed by atoms with Gasteiger partial charge in [0.25, 0.3) is 0 Å². The van der Waals surface area contributed by atoms with E-state index in [0.717, 1.165) is 6.42 Å². The largest absolute Gasteiger partial charge is 0.481 e. The molecule has 0 aliphatic heterocycles. The third-order valence-corrected chi connectivity index (χ3v) is 3.47. The normalized spacial score (nSPS) is 11.6. The Morgan fingerprint density at radius 1 is 1.18 bits per heavy atom. The number of carboxylic acids is 1. The second-order valence-corrected chi connectivity index (χ2v) is 5.70. The summed E-state index contributed by atoms with van der Waals surface area (Å²) in [4.78, 5) is 10.8. The molecule has 0 saturated heterocycles. The van der Waals surface area contributed by atoms with Gasteiger partial charge in [-0.05, 0) is 54.9 Å². The number of aryl methyl sites for hydroxylation is 1. The molecular weight excluding hydrogens is 212 g/mol. The van der Waals surface area contributed by atoms with E-state index in [9.17, 15) is 4.79 Å². The van der Waals surface area contributed by atoms with Gasteiger partial charge in [-0.2, -0.15) is 0 Å². The first kappa shape index (κ1) is 13.8. The van der Waals surface area contributed by atoms with Crippen LogP contribution < -0.4 is 0 Å². The molecule has 0 radical (unpaired) electrons. The predicted octanol–water partition coefficient (Wildman–Crippen LogP) is 3.66. The van der Waals surface area contributed by atoms with Crippen LogP contribution in [0.25, 0.3) is 0 Å². The van der Waals surface area contributed by atoms with Crippen molar-refractivity contribution in [2.75, 3.05) is 0 Å². The van der Waals surface area contributed by atoms with E-state index in [2.05, 4.69) is 32.9 Å². The minimum Gasteiger partial charge on any atom is -0.481 e. The van der Waals surface area contributed by atoms with Crippen molar-refractivity contribution in [3.8, 4) is 0 Å². The highest BCUT2D eigenvalue weighted by molar-refractivity contribution is 5.67. The molecule has 2 nitrogen and oxygen atoms in total. The fourth-order valence-corrected chi connectivity index (χ4v) is 2.19. The molecule has 1 N–H and O–H groups in total. The summed E-state index contributed by atoms with van der Waals surface area (Å²) in [7, 11) is 0. The Balaban J connectivity index is 2.96. The summed E-state index contributed by atoms with van der Waals surface area (Å²) >= 11 is 0.